The normalized spacial score (nSPS) is 9.08. The number of rotatable bonds is 14. The Labute approximate surface area is 428 Å². The summed E-state index contributed by atoms with van der Waals surface area (Å²) in [7, 11) is 3.20. The van der Waals surface area contributed by atoms with Gasteiger partial charge in [-0.1, -0.05) is 60.7 Å². The van der Waals surface area contributed by atoms with Crippen molar-refractivity contribution in [3.8, 4) is 220 Å². The highest BCUT2D eigenvalue weighted by atomic mass is 16.5. The van der Waals surface area contributed by atoms with Crippen molar-refractivity contribution in [2.75, 3.05) is 14.2 Å². The van der Waals surface area contributed by atoms with E-state index in [0.29, 0.717) is 28.6 Å². The Morgan fingerprint density at radius 3 is 1.34 bits per heavy atom. The Kier molecular flexibility index (Phi) is 20.3. The van der Waals surface area contributed by atoms with E-state index in [1.165, 1.54) is 0 Å². The van der Waals surface area contributed by atoms with Gasteiger partial charge in [0.1, 0.15) is 47.8 Å². The van der Waals surface area contributed by atoms with Crippen LogP contribution in [0, 0.1) is 164 Å². The molecule has 0 heterocycles. The van der Waals surface area contributed by atoms with Gasteiger partial charge in [-0.3, -0.25) is 0 Å². The second kappa shape index (κ2) is 28.4. The minimum absolute atomic E-state index is 0.241. The van der Waals surface area contributed by atoms with Crippen LogP contribution >= 0.6 is 0 Å². The van der Waals surface area contributed by atoms with Crippen LogP contribution < -0.4 is 33.2 Å². The summed E-state index contributed by atoms with van der Waals surface area (Å²) in [5, 5.41) is 0. The fourth-order valence-corrected chi connectivity index (χ4v) is 6.46. The summed E-state index contributed by atoms with van der Waals surface area (Å²) in [5.41, 5.74) is 7.88. The second-order valence-corrected chi connectivity index (χ2v) is 14.0. The van der Waals surface area contributed by atoms with Crippen LogP contribution in [0.3, 0.4) is 0 Å². The molecule has 0 aromatic heterocycles. The maximum absolute atomic E-state index is 5.88. The molecule has 0 N–H and O–H groups in total. The van der Waals surface area contributed by atoms with E-state index in [-0.39, 0.29) is 17.2 Å². The molecular formula is C66H36O7. The Balaban J connectivity index is 1.67. The van der Waals surface area contributed by atoms with E-state index in [2.05, 4.69) is 125 Å². The van der Waals surface area contributed by atoms with Crippen LogP contribution in [0.5, 0.6) is 40.2 Å². The lowest BCUT2D eigenvalue weighted by Crippen LogP contribution is -1.94. The number of allylic oxidation sites excluding steroid dienone is 1. The summed E-state index contributed by atoms with van der Waals surface area (Å²) in [4.78, 5) is 0. The first-order valence-electron chi connectivity index (χ1n) is 21.3. The largest absolute Gasteiger partial charge is 0.496 e. The van der Waals surface area contributed by atoms with Crippen LogP contribution in [0.25, 0.3) is 52.6 Å². The third kappa shape index (κ3) is 15.4. The number of hydrogen-bond donors (Lipinski definition) is 0. The lowest BCUT2D eigenvalue weighted by Gasteiger charge is -2.14. The van der Waals surface area contributed by atoms with Gasteiger partial charge in [0.15, 0.2) is 23.0 Å². The third-order valence-corrected chi connectivity index (χ3v) is 9.56. The Morgan fingerprint density at radius 1 is 0.356 bits per heavy atom. The Morgan fingerprint density at radius 2 is 0.795 bits per heavy atom. The van der Waals surface area contributed by atoms with Gasteiger partial charge in [0.2, 0.25) is 0 Å². The minimum Gasteiger partial charge on any atom is -0.496 e. The zero-order valence-corrected chi connectivity index (χ0v) is 39.7. The minimum atomic E-state index is 0.241. The van der Waals surface area contributed by atoms with E-state index in [4.69, 9.17) is 65.3 Å². The predicted molar refractivity (Wildman–Crippen MR) is 290 cm³/mol. The summed E-state index contributed by atoms with van der Waals surface area (Å²) in [6.07, 6.45) is 50.6. The number of benzene rings is 5. The van der Waals surface area contributed by atoms with E-state index >= 15 is 0 Å². The molecule has 7 heteroatoms. The molecule has 73 heavy (non-hydrogen) atoms. The molecule has 0 saturated heterocycles. The zero-order valence-electron chi connectivity index (χ0n) is 39.7. The van der Waals surface area contributed by atoms with Crippen molar-refractivity contribution in [3.63, 3.8) is 0 Å². The smallest absolute Gasteiger partial charge is 0.184 e. The van der Waals surface area contributed by atoms with Gasteiger partial charge in [-0.2, -0.15) is 0 Å². The molecule has 342 valence electrons. The molecule has 0 aliphatic rings. The first kappa shape index (κ1) is 52.2. The fraction of sp³-hybridized carbons (Fsp3) is 0.0606. The number of ether oxygens (including phenoxy) is 7. The maximum Gasteiger partial charge on any atom is 0.184 e. The molecular weight excluding hydrogens is 905 g/mol. The molecule has 0 aliphatic carbocycles. The van der Waals surface area contributed by atoms with Gasteiger partial charge in [0, 0.05) is 58.5 Å². The predicted octanol–water partition coefficient (Wildman–Crippen LogP) is 10.6. The van der Waals surface area contributed by atoms with Crippen molar-refractivity contribution >= 4 is 30.4 Å². The number of methoxy groups -OCH3 is 2. The second-order valence-electron chi connectivity index (χ2n) is 14.0. The molecule has 7 nitrogen and oxygen atoms in total. The van der Waals surface area contributed by atoms with E-state index in [1.54, 1.807) is 38.5 Å². The first-order valence-corrected chi connectivity index (χ1v) is 21.3. The average molecular weight is 941 g/mol. The van der Waals surface area contributed by atoms with Gasteiger partial charge >= 0.3 is 0 Å². The molecule has 0 fully saturated rings. The van der Waals surface area contributed by atoms with Crippen LogP contribution in [-0.4, -0.2) is 14.2 Å². The molecule has 0 spiro atoms. The summed E-state index contributed by atoms with van der Waals surface area (Å²) >= 11 is 0. The summed E-state index contributed by atoms with van der Waals surface area (Å²) in [6, 6.07) is 24.3. The summed E-state index contributed by atoms with van der Waals surface area (Å²) in [6.45, 7) is 3.84. The van der Waals surface area contributed by atoms with Gasteiger partial charge in [0.05, 0.1) is 14.2 Å². The quantitative estimate of drug-likeness (QED) is 0.0812. The number of terminal acetylenes is 5. The summed E-state index contributed by atoms with van der Waals surface area (Å²) < 4.78 is 40.1. The van der Waals surface area contributed by atoms with Crippen molar-refractivity contribution < 1.29 is 33.2 Å². The van der Waals surface area contributed by atoms with E-state index in [1.807, 2.05) is 105 Å². The molecule has 5 aromatic rings. The van der Waals surface area contributed by atoms with Crippen molar-refractivity contribution in [2.45, 2.75) is 13.8 Å². The van der Waals surface area contributed by atoms with Gasteiger partial charge in [0.25, 0.3) is 0 Å². The highest BCUT2D eigenvalue weighted by Crippen LogP contribution is 2.39. The van der Waals surface area contributed by atoms with Gasteiger partial charge in [-0.15, -0.1) is 32.1 Å². The monoisotopic (exact) mass is 940 g/mol. The van der Waals surface area contributed by atoms with Crippen molar-refractivity contribution in [2.24, 2.45) is 0 Å². The van der Waals surface area contributed by atoms with Crippen LogP contribution in [0.2, 0.25) is 0 Å². The van der Waals surface area contributed by atoms with Crippen molar-refractivity contribution in [1.29, 1.82) is 0 Å². The fourth-order valence-electron chi connectivity index (χ4n) is 6.46. The van der Waals surface area contributed by atoms with Gasteiger partial charge in [-0.25, -0.2) is 0 Å². The Bertz CT molecular complexity index is 3820. The highest BCUT2D eigenvalue weighted by molar-refractivity contribution is 5.88. The molecule has 0 aliphatic heterocycles. The van der Waals surface area contributed by atoms with Crippen molar-refractivity contribution in [3.05, 3.63) is 118 Å². The summed E-state index contributed by atoms with van der Waals surface area (Å²) in [5.74, 6) is 41.4. The third-order valence-electron chi connectivity index (χ3n) is 9.56. The lowest BCUT2D eigenvalue weighted by atomic mass is 9.94. The number of hydrogen-bond acceptors (Lipinski definition) is 7. The maximum atomic E-state index is 5.88. The molecule has 5 aromatic carbocycles. The van der Waals surface area contributed by atoms with Crippen LogP contribution in [0.1, 0.15) is 40.3 Å². The topological polar surface area (TPSA) is 64.6 Å². The first-order chi connectivity index (χ1) is 35.8. The van der Waals surface area contributed by atoms with Crippen LogP contribution in [-0.2, 0) is 0 Å². The molecule has 0 unspecified atom stereocenters. The van der Waals surface area contributed by atoms with E-state index < -0.39 is 0 Å². The number of aryl methyl sites for hydroxylation is 1. The van der Waals surface area contributed by atoms with Crippen LogP contribution in [0.4, 0.5) is 0 Å². The SMILES string of the molecule is C#CC#CC#CC#CC#COc1cc(/C=C/c2ccc(/C=C/c3cc(OC)c(C)cc3-c3ccc(OC#CC#C)c(OC#CC#C)c3)cc2-c2ccc(OC#CC#C)c(OC#CC#C)c2)c(OC)cc1/C=C/C. The van der Waals surface area contributed by atoms with E-state index in [0.717, 1.165) is 50.1 Å². The van der Waals surface area contributed by atoms with Crippen molar-refractivity contribution in [1.82, 2.24) is 0 Å². The average Bonchev–Trinajstić information content (AvgIpc) is 3.40. The highest BCUT2D eigenvalue weighted by Gasteiger charge is 2.15. The molecule has 0 bridgehead atoms. The zero-order chi connectivity index (χ0) is 52.0. The molecule has 0 atom stereocenters. The molecule has 0 radical (unpaired) electrons. The van der Waals surface area contributed by atoms with Crippen LogP contribution in [0.15, 0.2) is 84.9 Å². The molecule has 0 amide bonds. The van der Waals surface area contributed by atoms with Gasteiger partial charge < -0.3 is 33.2 Å². The van der Waals surface area contributed by atoms with E-state index in [9.17, 15) is 0 Å². The Hall–Kier alpha value is -11.8. The molecule has 0 saturated carbocycles. The van der Waals surface area contributed by atoms with Gasteiger partial charge in [-0.05, 0) is 160 Å². The lowest BCUT2D eigenvalue weighted by molar-refractivity contribution is 0.411. The molecule has 5 rings (SSSR count). The standard InChI is InChI=1S/C66H36O7/c1-10-16-21-22-23-24-25-26-42-71-64-49-57(63(68-9)48-56(64)27-15-6)33-32-52-30-28-51(44-59(52)55-35-37-61(70-39-18-12-3)66(47-55)73-41-20-14-5)29-31-53-45-62(67-8)50(7)43-58(53)54-34-36-60(69-38-17-11-2)65(46-54)72-40-19-13-4/h1-5,15,27-37,43-49H,6-9H3/b27-15+,31-29+,33-32+.